The van der Waals surface area contributed by atoms with Crippen LogP contribution >= 0.6 is 0 Å². The van der Waals surface area contributed by atoms with Crippen LogP contribution < -0.4 is 0 Å². The van der Waals surface area contributed by atoms with Gasteiger partial charge >= 0.3 is 11.9 Å². The fourth-order valence-corrected chi connectivity index (χ4v) is 9.96. The van der Waals surface area contributed by atoms with Crippen molar-refractivity contribution < 1.29 is 23.8 Å². The molecule has 0 N–H and O–H groups in total. The van der Waals surface area contributed by atoms with E-state index in [2.05, 4.69) is 32.9 Å². The van der Waals surface area contributed by atoms with Crippen LogP contribution in [-0.2, 0) is 23.8 Å². The molecular formula is C65H126O5. The Morgan fingerprint density at radius 2 is 0.500 bits per heavy atom. The van der Waals surface area contributed by atoms with Crippen molar-refractivity contribution in [3.8, 4) is 0 Å². The minimum Gasteiger partial charge on any atom is -0.463 e. The highest BCUT2D eigenvalue weighted by Gasteiger charge is 2.16. The number of esters is 2. The van der Waals surface area contributed by atoms with Crippen molar-refractivity contribution in [1.82, 2.24) is 0 Å². The van der Waals surface area contributed by atoms with Crippen LogP contribution in [0, 0.1) is 0 Å². The van der Waals surface area contributed by atoms with Crippen LogP contribution in [-0.4, -0.2) is 37.9 Å². The zero-order valence-corrected chi connectivity index (χ0v) is 48.1. The average molecular weight is 988 g/mol. The summed E-state index contributed by atoms with van der Waals surface area (Å²) in [7, 11) is 0. The first-order chi connectivity index (χ1) is 34.6. The van der Waals surface area contributed by atoms with E-state index in [9.17, 15) is 9.59 Å². The first-order valence-electron chi connectivity index (χ1n) is 32.2. The van der Waals surface area contributed by atoms with E-state index in [1.807, 2.05) is 0 Å². The van der Waals surface area contributed by atoms with E-state index in [-0.39, 0.29) is 25.2 Å². The van der Waals surface area contributed by atoms with E-state index in [4.69, 9.17) is 14.2 Å². The number of carbonyl (C=O) groups is 2. The van der Waals surface area contributed by atoms with Gasteiger partial charge in [0, 0.05) is 19.4 Å². The molecule has 1 atom stereocenters. The van der Waals surface area contributed by atoms with Gasteiger partial charge in [0.05, 0.1) is 0 Å². The molecule has 0 aliphatic rings. The number of ether oxygens (including phenoxy) is 3. The van der Waals surface area contributed by atoms with Crippen LogP contribution in [0.5, 0.6) is 0 Å². The molecule has 0 aromatic carbocycles. The van der Waals surface area contributed by atoms with Gasteiger partial charge in [0.15, 0.2) is 0 Å². The first-order valence-corrected chi connectivity index (χ1v) is 32.2. The van der Waals surface area contributed by atoms with Gasteiger partial charge in [-0.2, -0.15) is 0 Å². The van der Waals surface area contributed by atoms with Crippen LogP contribution in [0.25, 0.3) is 0 Å². The maximum atomic E-state index is 12.7. The molecule has 0 aromatic rings. The monoisotopic (exact) mass is 987 g/mol. The lowest BCUT2D eigenvalue weighted by Crippen LogP contribution is -2.29. The molecule has 5 heteroatoms. The van der Waals surface area contributed by atoms with E-state index in [0.717, 1.165) is 38.5 Å². The van der Waals surface area contributed by atoms with E-state index in [0.29, 0.717) is 19.4 Å². The summed E-state index contributed by atoms with van der Waals surface area (Å²) in [6, 6.07) is 0. The quantitative estimate of drug-likeness (QED) is 0.0345. The largest absolute Gasteiger partial charge is 0.463 e. The topological polar surface area (TPSA) is 61.8 Å². The first kappa shape index (κ1) is 68.6. The van der Waals surface area contributed by atoms with Gasteiger partial charge in [0.2, 0.25) is 0 Å². The fourth-order valence-electron chi connectivity index (χ4n) is 9.96. The molecule has 0 heterocycles. The molecule has 0 aliphatic heterocycles. The molecule has 0 saturated carbocycles. The van der Waals surface area contributed by atoms with Gasteiger partial charge in [-0.05, 0) is 44.9 Å². The summed E-state index contributed by atoms with van der Waals surface area (Å²) in [4.78, 5) is 25.4. The number of unbranched alkanes of at least 4 members (excludes halogenated alkanes) is 48. The zero-order valence-electron chi connectivity index (χ0n) is 48.1. The van der Waals surface area contributed by atoms with Crippen molar-refractivity contribution in [3.63, 3.8) is 0 Å². The molecule has 0 amide bonds. The Labute approximate surface area is 439 Å². The summed E-state index contributed by atoms with van der Waals surface area (Å²) in [6.45, 7) is 7.82. The van der Waals surface area contributed by atoms with Crippen LogP contribution in [0.2, 0.25) is 0 Å². The van der Waals surface area contributed by atoms with E-state index >= 15 is 0 Å². The number of rotatable bonds is 61. The Balaban J connectivity index is 4.17. The van der Waals surface area contributed by atoms with E-state index < -0.39 is 6.10 Å². The van der Waals surface area contributed by atoms with Gasteiger partial charge in [0.1, 0.15) is 19.3 Å². The van der Waals surface area contributed by atoms with Crippen molar-refractivity contribution in [2.24, 2.45) is 0 Å². The number of hydrogen-bond acceptors (Lipinski definition) is 5. The lowest BCUT2D eigenvalue weighted by molar-refractivity contribution is -0.155. The smallest absolute Gasteiger partial charge is 0.305 e. The van der Waals surface area contributed by atoms with Crippen molar-refractivity contribution in [2.75, 3.05) is 19.8 Å². The molecule has 0 radical (unpaired) electrons. The standard InChI is InChI=1S/C65H126O5/c1-4-7-10-13-16-19-22-25-28-31-32-33-34-36-38-41-44-47-50-53-56-59-65(67)70-62-63(68-60-57-54-51-48-45-42-39-30-27-24-21-18-15-12-9-6-3)61-69-64(66)58-55-52-49-46-43-40-37-35-29-26-23-20-17-14-11-8-5-2/h26,29,63H,4-25,27-28,30-62H2,1-3H3/b29-26-/t63-/m1/s1. The third kappa shape index (κ3) is 59.2. The van der Waals surface area contributed by atoms with Gasteiger partial charge in [-0.3, -0.25) is 9.59 Å². The predicted molar refractivity (Wildman–Crippen MR) is 307 cm³/mol. The van der Waals surface area contributed by atoms with Crippen LogP contribution in [0.1, 0.15) is 367 Å². The van der Waals surface area contributed by atoms with Gasteiger partial charge in [-0.1, -0.05) is 322 Å². The molecule has 0 saturated heterocycles. The van der Waals surface area contributed by atoms with Crippen molar-refractivity contribution in [1.29, 1.82) is 0 Å². The Kier molecular flexibility index (Phi) is 60.7. The lowest BCUT2D eigenvalue weighted by Gasteiger charge is -2.18. The second-order valence-electron chi connectivity index (χ2n) is 22.0. The Morgan fingerprint density at radius 1 is 0.286 bits per heavy atom. The van der Waals surface area contributed by atoms with Gasteiger partial charge in [-0.25, -0.2) is 0 Å². The average Bonchev–Trinajstić information content (AvgIpc) is 3.36. The van der Waals surface area contributed by atoms with Crippen molar-refractivity contribution in [3.05, 3.63) is 12.2 Å². The molecule has 0 unspecified atom stereocenters. The molecule has 0 aliphatic carbocycles. The molecule has 5 nitrogen and oxygen atoms in total. The summed E-state index contributed by atoms with van der Waals surface area (Å²) < 4.78 is 17.6. The van der Waals surface area contributed by atoms with Gasteiger partial charge < -0.3 is 14.2 Å². The molecule has 0 fully saturated rings. The molecule has 416 valence electrons. The molecule has 0 aromatic heterocycles. The van der Waals surface area contributed by atoms with Gasteiger partial charge in [0.25, 0.3) is 0 Å². The summed E-state index contributed by atoms with van der Waals surface area (Å²) in [5.74, 6) is -0.310. The van der Waals surface area contributed by atoms with Crippen LogP contribution in [0.15, 0.2) is 12.2 Å². The Morgan fingerprint density at radius 3 is 0.757 bits per heavy atom. The normalized spacial score (nSPS) is 12.1. The maximum Gasteiger partial charge on any atom is 0.305 e. The molecule has 0 bridgehead atoms. The predicted octanol–water partition coefficient (Wildman–Crippen LogP) is 22.1. The minimum atomic E-state index is -0.394. The maximum absolute atomic E-state index is 12.7. The number of carbonyl (C=O) groups excluding carboxylic acids is 2. The third-order valence-corrected chi connectivity index (χ3v) is 14.8. The summed E-state index contributed by atoms with van der Waals surface area (Å²) in [6.07, 6.45) is 74.2. The van der Waals surface area contributed by atoms with Crippen molar-refractivity contribution >= 4 is 11.9 Å². The lowest BCUT2D eigenvalue weighted by atomic mass is 10.0. The number of hydrogen-bond donors (Lipinski definition) is 0. The summed E-state index contributed by atoms with van der Waals surface area (Å²) in [5, 5.41) is 0. The van der Waals surface area contributed by atoms with E-state index in [1.165, 1.54) is 295 Å². The SMILES string of the molecule is CCCCCCCC/C=C\CCCCCCCCCC(=O)OC[C@H](COC(=O)CCCCCCCCCCCCCCCCCCCCCCC)OCCCCCCCCCCCCCCCCCC. The molecule has 0 spiro atoms. The third-order valence-electron chi connectivity index (χ3n) is 14.8. The highest BCUT2D eigenvalue weighted by Crippen LogP contribution is 2.18. The second kappa shape index (κ2) is 61.9. The molecule has 70 heavy (non-hydrogen) atoms. The van der Waals surface area contributed by atoms with Gasteiger partial charge in [-0.15, -0.1) is 0 Å². The zero-order chi connectivity index (χ0) is 50.6. The summed E-state index contributed by atoms with van der Waals surface area (Å²) in [5.41, 5.74) is 0. The van der Waals surface area contributed by atoms with E-state index in [1.54, 1.807) is 0 Å². The molecule has 0 rings (SSSR count). The van der Waals surface area contributed by atoms with Crippen LogP contribution in [0.4, 0.5) is 0 Å². The van der Waals surface area contributed by atoms with Crippen molar-refractivity contribution in [2.45, 2.75) is 374 Å². The minimum absolute atomic E-state index is 0.153. The molecular weight excluding hydrogens is 861 g/mol. The van der Waals surface area contributed by atoms with Crippen LogP contribution in [0.3, 0.4) is 0 Å². The fraction of sp³-hybridized carbons (Fsp3) is 0.938. The second-order valence-corrected chi connectivity index (χ2v) is 22.0. The highest BCUT2D eigenvalue weighted by molar-refractivity contribution is 5.69. The summed E-state index contributed by atoms with van der Waals surface area (Å²) >= 11 is 0. The Hall–Kier alpha value is -1.36. The number of allylic oxidation sites excluding steroid dienone is 2. The Bertz CT molecular complexity index is 1030. The highest BCUT2D eigenvalue weighted by atomic mass is 16.6.